The zero-order valence-corrected chi connectivity index (χ0v) is 10.4. The first-order valence-corrected chi connectivity index (χ1v) is 5.71. The number of carbonyl (C=O) groups excluding carboxylic acids is 1. The second-order valence-corrected chi connectivity index (χ2v) is 5.56. The van der Waals surface area contributed by atoms with Crippen LogP contribution in [0.5, 0.6) is 0 Å². The lowest BCUT2D eigenvalue weighted by molar-refractivity contribution is 0.0840. The molecule has 0 saturated heterocycles. The van der Waals surface area contributed by atoms with E-state index in [-0.39, 0.29) is 12.4 Å². The van der Waals surface area contributed by atoms with E-state index in [2.05, 4.69) is 0 Å². The van der Waals surface area contributed by atoms with Crippen LogP contribution in [0.2, 0.25) is 0 Å². The summed E-state index contributed by atoms with van der Waals surface area (Å²) in [5.74, 6) is -0.466. The average Bonchev–Trinajstić information content (AvgIpc) is 2.25. The summed E-state index contributed by atoms with van der Waals surface area (Å²) in [4.78, 5) is 11.6. The van der Waals surface area contributed by atoms with E-state index in [0.717, 1.165) is 0 Å². The SMILES string of the molecule is CC(C)(Cl)CC(CO)C(=O)c1ccccc1. The average molecular weight is 241 g/mol. The third-order valence-corrected chi connectivity index (χ3v) is 2.54. The molecule has 0 radical (unpaired) electrons. The highest BCUT2D eigenvalue weighted by Gasteiger charge is 2.26. The number of halogens is 1. The first kappa shape index (κ1) is 13.2. The van der Waals surface area contributed by atoms with E-state index in [0.29, 0.717) is 12.0 Å². The number of aliphatic hydroxyl groups excluding tert-OH is 1. The summed E-state index contributed by atoms with van der Waals surface area (Å²) in [5.41, 5.74) is 0.627. The molecule has 0 bridgehead atoms. The number of hydrogen-bond acceptors (Lipinski definition) is 2. The standard InChI is InChI=1S/C13H17ClO2/c1-13(2,14)8-11(9-15)12(16)10-6-4-3-5-7-10/h3-7,11,15H,8-9H2,1-2H3. The van der Waals surface area contributed by atoms with Gasteiger partial charge in [-0.3, -0.25) is 4.79 Å². The topological polar surface area (TPSA) is 37.3 Å². The van der Waals surface area contributed by atoms with Crippen LogP contribution in [-0.4, -0.2) is 22.4 Å². The lowest BCUT2D eigenvalue weighted by Gasteiger charge is -2.21. The van der Waals surface area contributed by atoms with Crippen molar-refractivity contribution in [2.75, 3.05) is 6.61 Å². The van der Waals surface area contributed by atoms with Gasteiger partial charge in [-0.25, -0.2) is 0 Å². The number of benzene rings is 1. The van der Waals surface area contributed by atoms with E-state index >= 15 is 0 Å². The van der Waals surface area contributed by atoms with Crippen molar-refractivity contribution in [1.82, 2.24) is 0 Å². The minimum Gasteiger partial charge on any atom is -0.396 e. The molecule has 0 aliphatic heterocycles. The quantitative estimate of drug-likeness (QED) is 0.635. The van der Waals surface area contributed by atoms with Gasteiger partial charge in [-0.1, -0.05) is 30.3 Å². The largest absolute Gasteiger partial charge is 0.396 e. The Bertz CT molecular complexity index is 341. The Morgan fingerprint density at radius 3 is 2.38 bits per heavy atom. The van der Waals surface area contributed by atoms with Crippen molar-refractivity contribution in [3.63, 3.8) is 0 Å². The Hall–Kier alpha value is -0.860. The maximum Gasteiger partial charge on any atom is 0.168 e. The molecule has 0 amide bonds. The van der Waals surface area contributed by atoms with Crippen LogP contribution in [0, 0.1) is 5.92 Å². The number of alkyl halides is 1. The number of aliphatic hydroxyl groups is 1. The summed E-state index contributed by atoms with van der Waals surface area (Å²) in [7, 11) is 0. The van der Waals surface area contributed by atoms with E-state index in [1.165, 1.54) is 0 Å². The highest BCUT2D eigenvalue weighted by Crippen LogP contribution is 2.25. The van der Waals surface area contributed by atoms with Crippen molar-refractivity contribution < 1.29 is 9.90 Å². The van der Waals surface area contributed by atoms with Gasteiger partial charge in [0.2, 0.25) is 0 Å². The van der Waals surface area contributed by atoms with Gasteiger partial charge in [-0.05, 0) is 20.3 Å². The van der Waals surface area contributed by atoms with Gasteiger partial charge >= 0.3 is 0 Å². The Balaban J connectivity index is 2.78. The first-order valence-electron chi connectivity index (χ1n) is 5.33. The maximum atomic E-state index is 12.0. The third-order valence-electron chi connectivity index (χ3n) is 2.38. The minimum absolute atomic E-state index is 0.0446. The third kappa shape index (κ3) is 3.95. The molecule has 0 aromatic heterocycles. The van der Waals surface area contributed by atoms with Crippen LogP contribution in [0.25, 0.3) is 0 Å². The van der Waals surface area contributed by atoms with Gasteiger partial charge in [0.15, 0.2) is 5.78 Å². The Labute approximate surface area is 101 Å². The van der Waals surface area contributed by atoms with Crippen LogP contribution in [-0.2, 0) is 0 Å². The molecule has 3 heteroatoms. The predicted octanol–water partition coefficient (Wildman–Crippen LogP) is 2.89. The van der Waals surface area contributed by atoms with Crippen LogP contribution in [0.1, 0.15) is 30.6 Å². The zero-order valence-electron chi connectivity index (χ0n) is 9.61. The second-order valence-electron chi connectivity index (χ2n) is 4.53. The van der Waals surface area contributed by atoms with Crippen molar-refractivity contribution in [2.24, 2.45) is 5.92 Å². The first-order chi connectivity index (χ1) is 7.44. The van der Waals surface area contributed by atoms with E-state index < -0.39 is 10.8 Å². The summed E-state index contributed by atoms with van der Waals surface area (Å²) in [6.45, 7) is 3.52. The molecule has 88 valence electrons. The molecule has 2 nitrogen and oxygen atoms in total. The fourth-order valence-corrected chi connectivity index (χ4v) is 1.85. The highest BCUT2D eigenvalue weighted by molar-refractivity contribution is 6.23. The Morgan fingerprint density at radius 1 is 1.38 bits per heavy atom. The van der Waals surface area contributed by atoms with E-state index in [1.54, 1.807) is 12.1 Å². The molecule has 1 rings (SSSR count). The molecular weight excluding hydrogens is 224 g/mol. The highest BCUT2D eigenvalue weighted by atomic mass is 35.5. The van der Waals surface area contributed by atoms with Gasteiger partial charge in [0.1, 0.15) is 0 Å². The number of rotatable bonds is 5. The number of Topliss-reactive ketones (excluding diaryl/α,β-unsaturated/α-hetero) is 1. The molecule has 0 saturated carbocycles. The Morgan fingerprint density at radius 2 is 1.94 bits per heavy atom. The lowest BCUT2D eigenvalue weighted by Crippen LogP contribution is -2.26. The smallest absolute Gasteiger partial charge is 0.168 e. The molecule has 1 aromatic rings. The van der Waals surface area contributed by atoms with Gasteiger partial charge in [0.05, 0.1) is 6.61 Å². The molecule has 0 aliphatic rings. The molecule has 0 heterocycles. The second kappa shape index (κ2) is 5.46. The molecule has 0 spiro atoms. The fourth-order valence-electron chi connectivity index (χ4n) is 1.66. The lowest BCUT2D eigenvalue weighted by atomic mass is 9.90. The van der Waals surface area contributed by atoms with Gasteiger partial charge < -0.3 is 5.11 Å². The summed E-state index contributed by atoms with van der Waals surface area (Å²) < 4.78 is 0. The van der Waals surface area contributed by atoms with Crippen molar-refractivity contribution in [2.45, 2.75) is 25.1 Å². The zero-order chi connectivity index (χ0) is 12.2. The molecule has 1 N–H and O–H groups in total. The van der Waals surface area contributed by atoms with Crippen LogP contribution >= 0.6 is 11.6 Å². The Kier molecular flexibility index (Phi) is 4.51. The molecule has 16 heavy (non-hydrogen) atoms. The van der Waals surface area contributed by atoms with E-state index in [4.69, 9.17) is 11.6 Å². The number of ketones is 1. The minimum atomic E-state index is -0.474. The van der Waals surface area contributed by atoms with Crippen molar-refractivity contribution in [3.05, 3.63) is 35.9 Å². The summed E-state index contributed by atoms with van der Waals surface area (Å²) in [6, 6.07) is 9.00. The molecule has 1 atom stereocenters. The van der Waals surface area contributed by atoms with Crippen LogP contribution < -0.4 is 0 Å². The summed E-state index contributed by atoms with van der Waals surface area (Å²) in [5, 5.41) is 9.24. The van der Waals surface area contributed by atoms with E-state index in [9.17, 15) is 9.90 Å². The predicted molar refractivity (Wildman–Crippen MR) is 65.9 cm³/mol. The monoisotopic (exact) mass is 240 g/mol. The van der Waals surface area contributed by atoms with Gasteiger partial charge in [-0.15, -0.1) is 11.6 Å². The van der Waals surface area contributed by atoms with Gasteiger partial charge in [-0.2, -0.15) is 0 Å². The van der Waals surface area contributed by atoms with Gasteiger partial charge in [0, 0.05) is 16.4 Å². The fraction of sp³-hybridized carbons (Fsp3) is 0.462. The van der Waals surface area contributed by atoms with Crippen molar-refractivity contribution in [1.29, 1.82) is 0 Å². The van der Waals surface area contributed by atoms with Gasteiger partial charge in [0.25, 0.3) is 0 Å². The maximum absolute atomic E-state index is 12.0. The molecule has 1 unspecified atom stereocenters. The van der Waals surface area contributed by atoms with Crippen LogP contribution in [0.4, 0.5) is 0 Å². The van der Waals surface area contributed by atoms with Crippen LogP contribution in [0.3, 0.4) is 0 Å². The van der Waals surface area contributed by atoms with Crippen LogP contribution in [0.15, 0.2) is 30.3 Å². The normalized spacial score (nSPS) is 13.5. The summed E-state index contributed by atoms with van der Waals surface area (Å²) >= 11 is 6.07. The van der Waals surface area contributed by atoms with Crippen molar-refractivity contribution >= 4 is 17.4 Å². The molecule has 0 aliphatic carbocycles. The number of hydrogen-bond donors (Lipinski definition) is 1. The molecular formula is C13H17ClO2. The molecule has 1 aromatic carbocycles. The number of carbonyl (C=O) groups is 1. The van der Waals surface area contributed by atoms with E-state index in [1.807, 2.05) is 32.0 Å². The summed E-state index contributed by atoms with van der Waals surface area (Å²) in [6.07, 6.45) is 0.471. The molecule has 0 fully saturated rings. The van der Waals surface area contributed by atoms with Crippen molar-refractivity contribution in [3.8, 4) is 0 Å².